The first-order valence-electron chi connectivity index (χ1n) is 10.2. The number of benzene rings is 2. The predicted molar refractivity (Wildman–Crippen MR) is 117 cm³/mol. The highest BCUT2D eigenvalue weighted by Crippen LogP contribution is 2.30. The van der Waals surface area contributed by atoms with Crippen LogP contribution in [0.15, 0.2) is 60.9 Å². The van der Waals surface area contributed by atoms with Gasteiger partial charge >= 0.3 is 0 Å². The van der Waals surface area contributed by atoms with E-state index in [1.807, 2.05) is 24.3 Å². The Hall–Kier alpha value is -3.78. The molecule has 0 radical (unpaired) electrons. The lowest BCUT2D eigenvalue weighted by Crippen LogP contribution is -2.36. The van der Waals surface area contributed by atoms with Gasteiger partial charge in [0.05, 0.1) is 11.0 Å². The van der Waals surface area contributed by atoms with Crippen LogP contribution in [0.3, 0.4) is 0 Å². The molecule has 4 aromatic rings. The molecule has 0 atom stereocenters. The molecule has 1 fully saturated rings. The minimum Gasteiger partial charge on any atom is -0.443 e. The normalized spacial score (nSPS) is 14.7. The van der Waals surface area contributed by atoms with Crippen molar-refractivity contribution in [3.05, 3.63) is 72.3 Å². The minimum absolute atomic E-state index is 0.0193. The third-order valence-electron chi connectivity index (χ3n) is 5.38. The Morgan fingerprint density at radius 3 is 2.55 bits per heavy atom. The van der Waals surface area contributed by atoms with Crippen LogP contribution < -0.4 is 9.64 Å². The highest BCUT2D eigenvalue weighted by Gasteiger charge is 2.24. The highest BCUT2D eigenvalue weighted by molar-refractivity contribution is 6.08. The van der Waals surface area contributed by atoms with Gasteiger partial charge in [0.1, 0.15) is 5.75 Å². The summed E-state index contributed by atoms with van der Waals surface area (Å²) in [5.74, 6) is 1.79. The molecule has 1 saturated heterocycles. The lowest BCUT2D eigenvalue weighted by molar-refractivity contribution is 0.103. The van der Waals surface area contributed by atoms with Gasteiger partial charge in [0.15, 0.2) is 17.7 Å². The summed E-state index contributed by atoms with van der Waals surface area (Å²) < 4.78 is 5.98. The molecule has 3 N–H and O–H groups in total. The molecule has 3 heterocycles. The van der Waals surface area contributed by atoms with Crippen molar-refractivity contribution in [3.8, 4) is 11.6 Å². The fourth-order valence-electron chi connectivity index (χ4n) is 3.68. The fraction of sp³-hybridized carbons (Fsp3) is 0.217. The van der Waals surface area contributed by atoms with Crippen molar-refractivity contribution in [1.82, 2.24) is 19.9 Å². The van der Waals surface area contributed by atoms with E-state index in [1.165, 1.54) is 0 Å². The van der Waals surface area contributed by atoms with Gasteiger partial charge in [-0.1, -0.05) is 12.1 Å². The minimum atomic E-state index is -0.179. The first kappa shape index (κ1) is 19.2. The molecule has 0 aliphatic carbocycles. The van der Waals surface area contributed by atoms with E-state index < -0.39 is 0 Å². The molecule has 8 heteroatoms. The maximum Gasteiger partial charge on any atom is 0.263 e. The molecular formula is C23H22N5O3+. The number of aromatic nitrogens is 4. The Balaban J connectivity index is 1.33. The standard InChI is InChI=1S/C23H21N5O3/c29-16-9-13-28(14-10-16)22-23(25-12-11-24-22)31-17-7-5-15(6-8-17)20(30)21-26-18-3-1-2-4-19(18)27-21/h1-8,11-12,16,29H,9-10,13-14H2,(H,26,27)/p+1. The van der Waals surface area contributed by atoms with Crippen LogP contribution in [0.2, 0.25) is 0 Å². The summed E-state index contributed by atoms with van der Waals surface area (Å²) in [6, 6.07) is 14.5. The quantitative estimate of drug-likeness (QED) is 0.396. The van der Waals surface area contributed by atoms with E-state index in [-0.39, 0.29) is 11.9 Å². The van der Waals surface area contributed by atoms with E-state index in [0.29, 0.717) is 28.8 Å². The highest BCUT2D eigenvalue weighted by atomic mass is 16.5. The Morgan fingerprint density at radius 1 is 1.03 bits per heavy atom. The first-order chi connectivity index (χ1) is 15.2. The third-order valence-corrected chi connectivity index (χ3v) is 5.38. The van der Waals surface area contributed by atoms with E-state index >= 15 is 0 Å². The zero-order valence-electron chi connectivity index (χ0n) is 16.8. The van der Waals surface area contributed by atoms with Crippen LogP contribution >= 0.6 is 0 Å². The maximum atomic E-state index is 12.8. The molecule has 0 saturated carbocycles. The van der Waals surface area contributed by atoms with E-state index in [4.69, 9.17) is 9.84 Å². The van der Waals surface area contributed by atoms with Crippen molar-refractivity contribution in [2.75, 3.05) is 18.0 Å². The van der Waals surface area contributed by atoms with Gasteiger partial charge in [0.2, 0.25) is 5.78 Å². The molecule has 2 aromatic carbocycles. The second-order valence-corrected chi connectivity index (χ2v) is 7.50. The zero-order chi connectivity index (χ0) is 21.2. The first-order valence-corrected chi connectivity index (χ1v) is 10.2. The van der Waals surface area contributed by atoms with E-state index in [1.54, 1.807) is 36.7 Å². The molecule has 0 spiro atoms. The number of nitrogens with zero attached hydrogens (tertiary/aromatic N) is 4. The molecule has 0 amide bonds. The molecule has 8 nitrogen and oxygen atoms in total. The molecule has 5 rings (SSSR count). The number of para-hydroxylation sites is 2. The molecule has 0 bridgehead atoms. The lowest BCUT2D eigenvalue weighted by Gasteiger charge is -2.29. The third kappa shape index (κ3) is 3.97. The van der Waals surface area contributed by atoms with Crippen molar-refractivity contribution < 1.29 is 14.6 Å². The number of anilines is 1. The number of ether oxygens (including phenoxy) is 1. The summed E-state index contributed by atoms with van der Waals surface area (Å²) in [5.41, 5.74) is 2.11. The summed E-state index contributed by atoms with van der Waals surface area (Å²) in [7, 11) is 0. The fourth-order valence-corrected chi connectivity index (χ4v) is 3.68. The van der Waals surface area contributed by atoms with Gasteiger partial charge in [-0.15, -0.1) is 0 Å². The second-order valence-electron chi connectivity index (χ2n) is 7.50. The number of aromatic amines is 1. The van der Waals surface area contributed by atoms with Gasteiger partial charge in [-0.25, -0.2) is 15.0 Å². The van der Waals surface area contributed by atoms with Gasteiger partial charge in [-0.2, -0.15) is 0 Å². The summed E-state index contributed by atoms with van der Waals surface area (Å²) in [5, 5.41) is 7.88. The number of carbonyl (C=O) groups excluding carboxylic acids is 1. The molecule has 0 unspecified atom stereocenters. The molecular weight excluding hydrogens is 394 g/mol. The average molecular weight is 416 g/mol. The lowest BCUT2D eigenvalue weighted by atomic mass is 10.1. The monoisotopic (exact) mass is 416 g/mol. The Labute approximate surface area is 178 Å². The molecule has 31 heavy (non-hydrogen) atoms. The number of nitrogens with one attached hydrogen (secondary N) is 1. The van der Waals surface area contributed by atoms with Crippen molar-refractivity contribution in [1.29, 1.82) is 0 Å². The van der Waals surface area contributed by atoms with E-state index in [2.05, 4.69) is 24.8 Å². The van der Waals surface area contributed by atoms with E-state index in [9.17, 15) is 4.79 Å². The van der Waals surface area contributed by atoms with Crippen LogP contribution in [-0.4, -0.2) is 50.0 Å². The Bertz CT molecular complexity index is 1180. The summed E-state index contributed by atoms with van der Waals surface area (Å²) in [4.78, 5) is 31.1. The number of carbonyl (C=O) groups is 1. The smallest absolute Gasteiger partial charge is 0.263 e. The van der Waals surface area contributed by atoms with Gasteiger partial charge in [-0.3, -0.25) is 4.79 Å². The molecule has 1 aliphatic rings. The SMILES string of the molecule is O=C(c1ccc(Oc2nccnc2N2CCC([OH2+])CC2)cc1)c1nc2ccccc2[nH]1. The molecule has 2 aromatic heterocycles. The van der Waals surface area contributed by atoms with Crippen molar-refractivity contribution in [2.45, 2.75) is 18.9 Å². The van der Waals surface area contributed by atoms with Crippen LogP contribution in [0.1, 0.15) is 29.0 Å². The number of imidazole rings is 1. The van der Waals surface area contributed by atoms with E-state index in [0.717, 1.165) is 37.0 Å². The van der Waals surface area contributed by atoms with Gasteiger partial charge < -0.3 is 19.7 Å². The van der Waals surface area contributed by atoms with Crippen molar-refractivity contribution in [2.24, 2.45) is 0 Å². The number of hydrogen-bond donors (Lipinski definition) is 1. The zero-order valence-corrected chi connectivity index (χ0v) is 16.8. The second kappa shape index (κ2) is 8.16. The van der Waals surface area contributed by atoms with Crippen LogP contribution in [0, 0.1) is 0 Å². The van der Waals surface area contributed by atoms with Gasteiger partial charge in [0.25, 0.3) is 5.88 Å². The summed E-state index contributed by atoms with van der Waals surface area (Å²) >= 11 is 0. The van der Waals surface area contributed by atoms with Crippen LogP contribution in [-0.2, 0) is 0 Å². The molecule has 1 aliphatic heterocycles. The van der Waals surface area contributed by atoms with Gasteiger partial charge in [-0.05, 0) is 36.4 Å². The van der Waals surface area contributed by atoms with Gasteiger partial charge in [0, 0.05) is 43.9 Å². The van der Waals surface area contributed by atoms with Crippen molar-refractivity contribution >= 4 is 22.6 Å². The van der Waals surface area contributed by atoms with Crippen LogP contribution in [0.5, 0.6) is 11.6 Å². The number of H-pyrrole nitrogens is 1. The summed E-state index contributed by atoms with van der Waals surface area (Å²) in [6.07, 6.45) is 4.82. The maximum absolute atomic E-state index is 12.8. The number of hydrogen-bond acceptors (Lipinski definition) is 6. The van der Waals surface area contributed by atoms with Crippen LogP contribution in [0.25, 0.3) is 11.0 Å². The largest absolute Gasteiger partial charge is 0.443 e. The Kier molecular flexibility index (Phi) is 5.05. The number of ketones is 1. The average Bonchev–Trinajstić information content (AvgIpc) is 3.25. The topological polar surface area (TPSA) is 107 Å². The Morgan fingerprint density at radius 2 is 1.77 bits per heavy atom. The number of rotatable bonds is 5. The summed E-state index contributed by atoms with van der Waals surface area (Å²) in [6.45, 7) is 1.52. The number of piperidine rings is 1. The number of fused-ring (bicyclic) bond motifs is 1. The van der Waals surface area contributed by atoms with Crippen molar-refractivity contribution in [3.63, 3.8) is 0 Å². The predicted octanol–water partition coefficient (Wildman–Crippen LogP) is 3.07. The molecule has 156 valence electrons. The van der Waals surface area contributed by atoms with Crippen LogP contribution in [0.4, 0.5) is 5.82 Å².